The Bertz CT molecular complexity index is 666. The van der Waals surface area contributed by atoms with Gasteiger partial charge in [-0.2, -0.15) is 0 Å². The molecule has 0 aromatic heterocycles. The molecule has 4 aliphatic rings. The summed E-state index contributed by atoms with van der Waals surface area (Å²) < 4.78 is 13.8. The summed E-state index contributed by atoms with van der Waals surface area (Å²) >= 11 is 0. The quantitative estimate of drug-likeness (QED) is 0.639. The minimum atomic E-state index is -0.197. The van der Waals surface area contributed by atoms with Crippen molar-refractivity contribution < 1.29 is 9.18 Å². The van der Waals surface area contributed by atoms with E-state index in [4.69, 9.17) is 5.73 Å². The van der Waals surface area contributed by atoms with Crippen LogP contribution in [0.2, 0.25) is 0 Å². The lowest BCUT2D eigenvalue weighted by Crippen LogP contribution is -2.50. The van der Waals surface area contributed by atoms with E-state index in [1.165, 1.54) is 11.6 Å². The van der Waals surface area contributed by atoms with Gasteiger partial charge in [-0.05, 0) is 61.3 Å². The van der Waals surface area contributed by atoms with Gasteiger partial charge in [-0.15, -0.1) is 0 Å². The van der Waals surface area contributed by atoms with Crippen LogP contribution in [0, 0.1) is 11.8 Å². The van der Waals surface area contributed by atoms with E-state index in [9.17, 15) is 9.18 Å². The molecule has 0 saturated heterocycles. The van der Waals surface area contributed by atoms with Crippen molar-refractivity contribution in [3.05, 3.63) is 34.8 Å². The number of carbonyl (C=O) groups excluding carboxylic acids is 1. The third-order valence-electron chi connectivity index (χ3n) is 6.22. The molecule has 0 radical (unpaired) electrons. The van der Waals surface area contributed by atoms with Crippen LogP contribution in [0.25, 0.3) is 0 Å². The second-order valence-corrected chi connectivity index (χ2v) is 7.84. The van der Waals surface area contributed by atoms with Gasteiger partial charge >= 0.3 is 0 Å². The Kier molecular flexibility index (Phi) is 3.88. The van der Waals surface area contributed by atoms with E-state index in [1.807, 2.05) is 0 Å². The Morgan fingerprint density at radius 2 is 2.12 bits per heavy atom. The average molecular weight is 331 g/mol. The van der Waals surface area contributed by atoms with Gasteiger partial charge in [0.05, 0.1) is 0 Å². The normalized spacial score (nSPS) is 39.5. The predicted molar refractivity (Wildman–Crippen MR) is 91.5 cm³/mol. The maximum atomic E-state index is 13.8. The number of allylic oxidation sites excluding steroid dienone is 3. The fraction of sp³-hybridized carbons (Fsp3) is 0.632. The number of hydrogen-bond donors (Lipinski definition) is 3. The standard InChI is InChI=1S/C19H26FN3O/c1-11-2-5-18(24)23-16-9-13(20)3-4-14(16)12-6-7-22-17(8-12)19(21)10-15(11)19/h8-9,11,15,17,22H,2-7,10,21H2,1H3,(H,23,24)/t11-,15?,17?,19?/m1/s1. The summed E-state index contributed by atoms with van der Waals surface area (Å²) in [5.74, 6) is 0.719. The highest BCUT2D eigenvalue weighted by Gasteiger charge is 2.57. The first-order valence-electron chi connectivity index (χ1n) is 9.10. The Labute approximate surface area is 142 Å². The van der Waals surface area contributed by atoms with Gasteiger partial charge in [-0.3, -0.25) is 4.79 Å². The lowest BCUT2D eigenvalue weighted by molar-refractivity contribution is -0.120. The molecule has 24 heavy (non-hydrogen) atoms. The van der Waals surface area contributed by atoms with Crippen molar-refractivity contribution >= 4 is 5.91 Å². The molecule has 2 aliphatic heterocycles. The van der Waals surface area contributed by atoms with Gasteiger partial charge in [-0.25, -0.2) is 4.39 Å². The highest BCUT2D eigenvalue weighted by atomic mass is 19.1. The highest BCUT2D eigenvalue weighted by molar-refractivity contribution is 5.79. The molecule has 2 heterocycles. The van der Waals surface area contributed by atoms with Gasteiger partial charge in [0, 0.05) is 30.1 Å². The number of hydrogen-bond acceptors (Lipinski definition) is 3. The number of fused-ring (bicyclic) bond motifs is 4. The molecule has 5 heteroatoms. The van der Waals surface area contributed by atoms with Gasteiger partial charge in [0.25, 0.3) is 0 Å². The van der Waals surface area contributed by atoms with Crippen molar-refractivity contribution in [1.29, 1.82) is 0 Å². The second kappa shape index (κ2) is 5.81. The topological polar surface area (TPSA) is 67.2 Å². The fourth-order valence-electron chi connectivity index (χ4n) is 4.63. The van der Waals surface area contributed by atoms with Crippen LogP contribution in [0.5, 0.6) is 0 Å². The van der Waals surface area contributed by atoms with E-state index >= 15 is 0 Å². The molecule has 2 aliphatic carbocycles. The summed E-state index contributed by atoms with van der Waals surface area (Å²) in [4.78, 5) is 12.3. The molecule has 0 spiro atoms. The van der Waals surface area contributed by atoms with Crippen molar-refractivity contribution in [3.63, 3.8) is 0 Å². The van der Waals surface area contributed by atoms with Crippen LogP contribution in [0.1, 0.15) is 45.4 Å². The van der Waals surface area contributed by atoms with Crippen LogP contribution in [0.15, 0.2) is 34.8 Å². The summed E-state index contributed by atoms with van der Waals surface area (Å²) in [5.41, 5.74) is 9.47. The summed E-state index contributed by atoms with van der Waals surface area (Å²) in [6.07, 6.45) is 8.02. The average Bonchev–Trinajstić information content (AvgIpc) is 3.26. The lowest BCUT2D eigenvalue weighted by Gasteiger charge is -2.32. The molecule has 1 amide bonds. The molecule has 1 fully saturated rings. The smallest absolute Gasteiger partial charge is 0.224 e. The second-order valence-electron chi connectivity index (χ2n) is 7.84. The molecule has 2 bridgehead atoms. The maximum Gasteiger partial charge on any atom is 0.224 e. The Hall–Kier alpha value is -1.46. The summed E-state index contributed by atoms with van der Waals surface area (Å²) in [6.45, 7) is 3.07. The van der Waals surface area contributed by atoms with E-state index in [0.29, 0.717) is 36.8 Å². The van der Waals surface area contributed by atoms with Crippen LogP contribution in [-0.4, -0.2) is 24.0 Å². The van der Waals surface area contributed by atoms with Crippen LogP contribution in [-0.2, 0) is 4.79 Å². The summed E-state index contributed by atoms with van der Waals surface area (Å²) in [5, 5.41) is 6.53. The van der Waals surface area contributed by atoms with Gasteiger partial charge < -0.3 is 16.4 Å². The molecule has 4 rings (SSSR count). The largest absolute Gasteiger partial charge is 0.326 e. The Morgan fingerprint density at radius 1 is 1.29 bits per heavy atom. The van der Waals surface area contributed by atoms with Crippen molar-refractivity contribution in [2.75, 3.05) is 6.54 Å². The van der Waals surface area contributed by atoms with Crippen LogP contribution in [0.4, 0.5) is 4.39 Å². The number of nitrogens with one attached hydrogen (secondary N) is 2. The van der Waals surface area contributed by atoms with Gasteiger partial charge in [0.15, 0.2) is 0 Å². The van der Waals surface area contributed by atoms with Gasteiger partial charge in [0.2, 0.25) is 5.91 Å². The first kappa shape index (κ1) is 16.0. The van der Waals surface area contributed by atoms with E-state index in [-0.39, 0.29) is 23.3 Å². The summed E-state index contributed by atoms with van der Waals surface area (Å²) in [6, 6.07) is 0.174. The lowest BCUT2D eigenvalue weighted by atomic mass is 9.85. The Morgan fingerprint density at radius 3 is 2.96 bits per heavy atom. The molecular weight excluding hydrogens is 305 g/mol. The number of nitrogens with two attached hydrogens (primary N) is 1. The van der Waals surface area contributed by atoms with Crippen LogP contribution >= 0.6 is 0 Å². The number of amides is 1. The zero-order chi connectivity index (χ0) is 16.9. The molecule has 1 saturated carbocycles. The number of halogens is 1. The SMILES string of the molecule is C[C@@H]1CCC(=O)NC2=C(CCC(F)=C2)C2=CC(NCC2)C2(N)CC12. The van der Waals surface area contributed by atoms with Crippen molar-refractivity contribution in [1.82, 2.24) is 10.6 Å². The van der Waals surface area contributed by atoms with Gasteiger partial charge in [0.1, 0.15) is 5.83 Å². The van der Waals surface area contributed by atoms with Crippen LogP contribution < -0.4 is 16.4 Å². The predicted octanol–water partition coefficient (Wildman–Crippen LogP) is 2.44. The van der Waals surface area contributed by atoms with E-state index in [2.05, 4.69) is 23.6 Å². The molecule has 4 nitrogen and oxygen atoms in total. The maximum absolute atomic E-state index is 13.8. The molecule has 0 aromatic carbocycles. The van der Waals surface area contributed by atoms with E-state index in [0.717, 1.165) is 31.4 Å². The highest BCUT2D eigenvalue weighted by Crippen LogP contribution is 2.51. The molecule has 4 N–H and O–H groups in total. The summed E-state index contributed by atoms with van der Waals surface area (Å²) in [7, 11) is 0. The molecule has 0 aromatic rings. The molecule has 130 valence electrons. The third kappa shape index (κ3) is 2.74. The van der Waals surface area contributed by atoms with Crippen LogP contribution in [0.3, 0.4) is 0 Å². The first-order valence-corrected chi connectivity index (χ1v) is 9.10. The first-order chi connectivity index (χ1) is 11.5. The van der Waals surface area contributed by atoms with E-state index < -0.39 is 0 Å². The van der Waals surface area contributed by atoms with Gasteiger partial charge in [-0.1, -0.05) is 13.0 Å². The number of carbonyl (C=O) groups is 1. The fourth-order valence-corrected chi connectivity index (χ4v) is 4.63. The van der Waals surface area contributed by atoms with Crippen molar-refractivity contribution in [3.8, 4) is 0 Å². The Balaban J connectivity index is 1.75. The van der Waals surface area contributed by atoms with Crippen molar-refractivity contribution in [2.24, 2.45) is 17.6 Å². The zero-order valence-electron chi connectivity index (χ0n) is 14.2. The zero-order valence-corrected chi connectivity index (χ0v) is 14.2. The van der Waals surface area contributed by atoms with Crippen molar-refractivity contribution in [2.45, 2.75) is 57.0 Å². The molecule has 4 atom stereocenters. The minimum absolute atomic E-state index is 0.0183. The molecule has 3 unspecified atom stereocenters. The number of rotatable bonds is 0. The third-order valence-corrected chi connectivity index (χ3v) is 6.22. The molecular formula is C19H26FN3O. The minimum Gasteiger partial charge on any atom is -0.326 e. The van der Waals surface area contributed by atoms with E-state index in [1.54, 1.807) is 0 Å². The monoisotopic (exact) mass is 331 g/mol.